The second kappa shape index (κ2) is 9.67. The zero-order chi connectivity index (χ0) is 24.4. The molecule has 0 unspecified atom stereocenters. The van der Waals surface area contributed by atoms with Crippen molar-refractivity contribution in [1.82, 2.24) is 0 Å². The molecule has 0 atom stereocenters. The molecule has 0 spiro atoms. The summed E-state index contributed by atoms with van der Waals surface area (Å²) in [6, 6.07) is 17.4. The molecule has 3 amide bonds. The molecule has 0 bridgehead atoms. The van der Waals surface area contributed by atoms with E-state index >= 15 is 0 Å². The molecule has 4 rings (SSSR count). The lowest BCUT2D eigenvalue weighted by Gasteiger charge is -2.15. The third kappa shape index (κ3) is 4.53. The lowest BCUT2D eigenvalue weighted by molar-refractivity contribution is -0.120. The molecule has 0 radical (unpaired) electrons. The van der Waals surface area contributed by atoms with Gasteiger partial charge in [0, 0.05) is 16.9 Å². The number of halogens is 3. The van der Waals surface area contributed by atoms with Crippen molar-refractivity contribution in [3.8, 4) is 0 Å². The van der Waals surface area contributed by atoms with Gasteiger partial charge in [-0.2, -0.15) is 0 Å². The summed E-state index contributed by atoms with van der Waals surface area (Å²) in [5, 5.41) is 5.14. The Morgan fingerprint density at radius 1 is 0.971 bits per heavy atom. The molecular weight excluding hydrogens is 480 g/mol. The van der Waals surface area contributed by atoms with Gasteiger partial charge >= 0.3 is 0 Å². The number of benzene rings is 3. The molecule has 0 saturated heterocycles. The highest BCUT2D eigenvalue weighted by molar-refractivity contribution is 6.53. The van der Waals surface area contributed by atoms with E-state index < -0.39 is 17.6 Å². The van der Waals surface area contributed by atoms with Gasteiger partial charge < -0.3 is 10.6 Å². The SMILES string of the molecule is CCc1ccccc1NC(=O)c1cccc(NC2=C(Cl)C(=O)N(c3ccc(F)c(Cl)c3)C2=O)c1. The molecule has 1 heterocycles. The van der Waals surface area contributed by atoms with E-state index in [1.54, 1.807) is 18.2 Å². The average molecular weight is 498 g/mol. The second-order valence-electron chi connectivity index (χ2n) is 7.40. The summed E-state index contributed by atoms with van der Waals surface area (Å²) >= 11 is 11.9. The maximum atomic E-state index is 13.5. The zero-order valence-electron chi connectivity index (χ0n) is 17.9. The van der Waals surface area contributed by atoms with Gasteiger partial charge in [0.2, 0.25) is 0 Å². The van der Waals surface area contributed by atoms with Crippen LogP contribution in [0.4, 0.5) is 21.5 Å². The van der Waals surface area contributed by atoms with Gasteiger partial charge in [-0.25, -0.2) is 9.29 Å². The van der Waals surface area contributed by atoms with Gasteiger partial charge in [-0.3, -0.25) is 14.4 Å². The number of rotatable bonds is 6. The van der Waals surface area contributed by atoms with Gasteiger partial charge in [0.25, 0.3) is 17.7 Å². The zero-order valence-corrected chi connectivity index (χ0v) is 19.4. The van der Waals surface area contributed by atoms with Crippen molar-refractivity contribution < 1.29 is 18.8 Å². The quantitative estimate of drug-likeness (QED) is 0.426. The number of aryl methyl sites for hydroxylation is 1. The predicted octanol–water partition coefficient (Wildman–Crippen LogP) is 5.73. The Labute approximate surface area is 205 Å². The Kier molecular flexibility index (Phi) is 6.68. The second-order valence-corrected chi connectivity index (χ2v) is 8.19. The van der Waals surface area contributed by atoms with E-state index in [-0.39, 0.29) is 27.3 Å². The highest BCUT2D eigenvalue weighted by atomic mass is 35.5. The fourth-order valence-electron chi connectivity index (χ4n) is 3.50. The average Bonchev–Trinajstić information content (AvgIpc) is 3.04. The van der Waals surface area contributed by atoms with Crippen molar-refractivity contribution in [2.24, 2.45) is 0 Å². The molecule has 6 nitrogen and oxygen atoms in total. The van der Waals surface area contributed by atoms with Crippen molar-refractivity contribution in [2.45, 2.75) is 13.3 Å². The van der Waals surface area contributed by atoms with Crippen molar-refractivity contribution in [3.05, 3.63) is 99.4 Å². The fourth-order valence-corrected chi connectivity index (χ4v) is 3.88. The van der Waals surface area contributed by atoms with Crippen LogP contribution in [-0.4, -0.2) is 17.7 Å². The molecule has 0 aromatic heterocycles. The minimum Gasteiger partial charge on any atom is -0.350 e. The van der Waals surface area contributed by atoms with Gasteiger partial charge in [0.05, 0.1) is 10.7 Å². The van der Waals surface area contributed by atoms with E-state index in [1.165, 1.54) is 18.2 Å². The fraction of sp³-hybridized carbons (Fsp3) is 0.0800. The van der Waals surface area contributed by atoms with Crippen molar-refractivity contribution in [2.75, 3.05) is 15.5 Å². The van der Waals surface area contributed by atoms with Crippen LogP contribution in [0.25, 0.3) is 0 Å². The Morgan fingerprint density at radius 3 is 2.47 bits per heavy atom. The first-order valence-electron chi connectivity index (χ1n) is 10.3. The Morgan fingerprint density at radius 2 is 1.74 bits per heavy atom. The summed E-state index contributed by atoms with van der Waals surface area (Å²) in [4.78, 5) is 39.2. The minimum atomic E-state index is -0.776. The van der Waals surface area contributed by atoms with E-state index in [4.69, 9.17) is 23.2 Å². The monoisotopic (exact) mass is 497 g/mol. The van der Waals surface area contributed by atoms with Crippen molar-refractivity contribution >= 4 is 58.0 Å². The van der Waals surface area contributed by atoms with E-state index in [9.17, 15) is 18.8 Å². The van der Waals surface area contributed by atoms with Gasteiger partial charge in [-0.05, 0) is 54.4 Å². The van der Waals surface area contributed by atoms with Gasteiger partial charge in [-0.1, -0.05) is 54.4 Å². The number of nitrogens with zero attached hydrogens (tertiary/aromatic N) is 1. The van der Waals surface area contributed by atoms with Crippen LogP contribution < -0.4 is 15.5 Å². The van der Waals surface area contributed by atoms with Crippen molar-refractivity contribution in [3.63, 3.8) is 0 Å². The molecule has 1 aliphatic heterocycles. The van der Waals surface area contributed by atoms with Crippen molar-refractivity contribution in [1.29, 1.82) is 0 Å². The highest BCUT2D eigenvalue weighted by Gasteiger charge is 2.39. The summed E-state index contributed by atoms with van der Waals surface area (Å²) in [6.45, 7) is 2.00. The molecule has 0 saturated carbocycles. The predicted molar refractivity (Wildman–Crippen MR) is 131 cm³/mol. The van der Waals surface area contributed by atoms with E-state index in [1.807, 2.05) is 31.2 Å². The molecule has 0 aliphatic carbocycles. The smallest absolute Gasteiger partial charge is 0.283 e. The molecule has 172 valence electrons. The van der Waals surface area contributed by atoms with E-state index in [2.05, 4.69) is 10.6 Å². The number of nitrogens with one attached hydrogen (secondary N) is 2. The van der Waals surface area contributed by atoms with Crippen LogP contribution in [-0.2, 0) is 16.0 Å². The van der Waals surface area contributed by atoms with E-state index in [0.29, 0.717) is 16.9 Å². The summed E-state index contributed by atoms with van der Waals surface area (Å²) in [5.74, 6) is -2.52. The molecule has 0 fully saturated rings. The third-order valence-corrected chi connectivity index (χ3v) is 5.87. The van der Waals surface area contributed by atoms with Gasteiger partial charge in [-0.15, -0.1) is 0 Å². The lowest BCUT2D eigenvalue weighted by atomic mass is 10.1. The number of anilines is 3. The van der Waals surface area contributed by atoms with E-state index in [0.717, 1.165) is 23.0 Å². The molecule has 3 aromatic carbocycles. The third-order valence-electron chi connectivity index (χ3n) is 5.23. The highest BCUT2D eigenvalue weighted by Crippen LogP contribution is 2.32. The number of hydrogen-bond acceptors (Lipinski definition) is 4. The Hall–Kier alpha value is -3.68. The van der Waals surface area contributed by atoms with Crippen LogP contribution in [0.15, 0.2) is 77.5 Å². The molecular formula is C25H18Cl2FN3O3. The number of carbonyl (C=O) groups is 3. The Balaban J connectivity index is 1.55. The molecule has 2 N–H and O–H groups in total. The topological polar surface area (TPSA) is 78.5 Å². The van der Waals surface area contributed by atoms with Gasteiger partial charge in [0.15, 0.2) is 0 Å². The van der Waals surface area contributed by atoms with Crippen LogP contribution in [0.1, 0.15) is 22.8 Å². The number of imide groups is 1. The number of carbonyl (C=O) groups excluding carboxylic acids is 3. The molecule has 3 aromatic rings. The summed E-state index contributed by atoms with van der Waals surface area (Å²) in [7, 11) is 0. The summed E-state index contributed by atoms with van der Waals surface area (Å²) in [5.41, 5.74) is 2.35. The number of para-hydroxylation sites is 1. The molecule has 34 heavy (non-hydrogen) atoms. The van der Waals surface area contributed by atoms with Crippen LogP contribution in [0.2, 0.25) is 5.02 Å². The molecule has 9 heteroatoms. The maximum absolute atomic E-state index is 13.5. The van der Waals surface area contributed by atoms with Crippen LogP contribution in [0, 0.1) is 5.82 Å². The van der Waals surface area contributed by atoms with Crippen LogP contribution >= 0.6 is 23.2 Å². The van der Waals surface area contributed by atoms with Crippen LogP contribution in [0.5, 0.6) is 0 Å². The standard InChI is InChI=1S/C25H18Cl2FN3O3/c1-2-14-6-3-4-9-20(14)30-23(32)15-7-5-8-16(12-15)29-22-21(27)24(33)31(25(22)34)17-10-11-19(28)18(26)13-17/h3-13,29H,2H2,1H3,(H,30,32). The lowest BCUT2D eigenvalue weighted by Crippen LogP contribution is -2.32. The normalized spacial score (nSPS) is 13.5. The molecule has 1 aliphatic rings. The summed E-state index contributed by atoms with van der Waals surface area (Å²) < 4.78 is 13.5. The minimum absolute atomic E-state index is 0.0825. The number of hydrogen-bond donors (Lipinski definition) is 2. The first-order valence-corrected chi connectivity index (χ1v) is 11.1. The largest absolute Gasteiger partial charge is 0.350 e. The Bertz CT molecular complexity index is 1360. The summed E-state index contributed by atoms with van der Waals surface area (Å²) in [6.07, 6.45) is 0.761. The first kappa shape index (κ1) is 23.5. The number of amides is 3. The first-order chi connectivity index (χ1) is 16.3. The maximum Gasteiger partial charge on any atom is 0.283 e. The van der Waals surface area contributed by atoms with Gasteiger partial charge in [0.1, 0.15) is 16.5 Å². The van der Waals surface area contributed by atoms with Crippen LogP contribution in [0.3, 0.4) is 0 Å².